The first-order valence-electron chi connectivity index (χ1n) is 6.01. The predicted molar refractivity (Wildman–Crippen MR) is 85.0 cm³/mol. The summed E-state index contributed by atoms with van der Waals surface area (Å²) in [5, 5.41) is -1.56. The molecule has 0 saturated carbocycles. The first-order chi connectivity index (χ1) is 11.0. The zero-order valence-electron chi connectivity index (χ0n) is 12.6. The van der Waals surface area contributed by atoms with Gasteiger partial charge in [0.05, 0.1) is 6.54 Å². The molecule has 13 heteroatoms. The van der Waals surface area contributed by atoms with E-state index in [0.29, 0.717) is 0 Å². The van der Waals surface area contributed by atoms with Gasteiger partial charge in [-0.2, -0.15) is 0 Å². The average Bonchev–Trinajstić information content (AvgIpc) is 2.49. The number of hydrogen-bond acceptors (Lipinski definition) is 12. The van der Waals surface area contributed by atoms with Gasteiger partial charge in [0, 0.05) is 0 Å². The molecule has 0 bridgehead atoms. The van der Waals surface area contributed by atoms with Crippen molar-refractivity contribution in [2.45, 2.75) is 5.40 Å². The Morgan fingerprint density at radius 3 is 1.50 bits per heavy atom. The van der Waals surface area contributed by atoms with Gasteiger partial charge in [-0.15, -0.1) is 16.4 Å². The average molecular weight is 362 g/mol. The second-order valence-corrected chi connectivity index (χ2v) is 5.23. The van der Waals surface area contributed by atoms with Crippen molar-refractivity contribution in [1.82, 2.24) is 16.4 Å². The molecule has 24 heavy (non-hydrogen) atoms. The maximum atomic E-state index is 11.3. The molecule has 0 radical (unpaired) electrons. The second kappa shape index (κ2) is 9.47. The molecule has 0 aromatic carbocycles. The summed E-state index contributed by atoms with van der Waals surface area (Å²) in [5.74, 6) is -2.93. The summed E-state index contributed by atoms with van der Waals surface area (Å²) >= 11 is 0. The van der Waals surface area contributed by atoms with Gasteiger partial charge in [-0.3, -0.25) is 0 Å². The number of hydrogen-bond donors (Lipinski definition) is 6. The molecule has 9 N–H and O–H groups in total. The van der Waals surface area contributed by atoms with Crippen molar-refractivity contribution < 1.29 is 28.9 Å². The normalized spacial score (nSPS) is 10.4. The molecular weight excluding hydrogens is 343 g/mol. The Hall–Kier alpha value is -2.66. The van der Waals surface area contributed by atoms with Crippen molar-refractivity contribution in [1.29, 1.82) is 0 Å². The van der Waals surface area contributed by atoms with E-state index in [1.54, 1.807) is 0 Å². The maximum Gasteiger partial charge on any atom is 0.372 e. The van der Waals surface area contributed by atoms with Crippen LogP contribution in [0.1, 0.15) is 0 Å². The van der Waals surface area contributed by atoms with Crippen molar-refractivity contribution in [3.63, 3.8) is 0 Å². The molecule has 12 nitrogen and oxygen atoms in total. The largest absolute Gasteiger partial charge is 0.393 e. The molecule has 1 unspecified atom stereocenters. The molecule has 0 aromatic heterocycles. The summed E-state index contributed by atoms with van der Waals surface area (Å²) in [5.41, 5.74) is 20.8. The van der Waals surface area contributed by atoms with Gasteiger partial charge in [-0.1, -0.05) is 29.0 Å². The molecule has 0 aromatic rings. The van der Waals surface area contributed by atoms with E-state index in [0.717, 1.165) is 0 Å². The van der Waals surface area contributed by atoms with Crippen molar-refractivity contribution in [3.05, 3.63) is 36.8 Å². The van der Waals surface area contributed by atoms with Crippen LogP contribution in [0.4, 0.5) is 0 Å². The number of nitrogens with two attached hydrogens (primary N) is 3. The lowest BCUT2D eigenvalue weighted by Crippen LogP contribution is -2.59. The summed E-state index contributed by atoms with van der Waals surface area (Å²) in [6.45, 7) is 9.20. The van der Waals surface area contributed by atoms with Gasteiger partial charge in [0.2, 0.25) is 0 Å². The van der Waals surface area contributed by atoms with Gasteiger partial charge in [-0.05, 0) is 0 Å². The molecule has 0 heterocycles. The lowest BCUT2D eigenvalue weighted by Gasteiger charge is -2.29. The number of carbonyl (C=O) groups is 3. The molecule has 0 rings (SSSR count). The molecular formula is C11H19N6O6P. The molecule has 0 saturated heterocycles. The van der Waals surface area contributed by atoms with E-state index in [1.807, 2.05) is 0 Å². The fourth-order valence-electron chi connectivity index (χ4n) is 0.780. The predicted octanol–water partition coefficient (Wildman–Crippen LogP) is -2.92. The van der Waals surface area contributed by atoms with E-state index in [-0.39, 0.29) is 23.6 Å². The number of hydroxylamine groups is 3. The molecule has 1 atom stereocenters. The molecule has 0 fully saturated rings. The first kappa shape index (κ1) is 21.3. The summed E-state index contributed by atoms with van der Waals surface area (Å²) in [6.07, 6.45) is 0. The topological polar surface area (TPSA) is 193 Å². The van der Waals surface area contributed by atoms with E-state index in [9.17, 15) is 14.4 Å². The summed E-state index contributed by atoms with van der Waals surface area (Å²) < 4.78 is 0. The fourth-order valence-corrected chi connectivity index (χ4v) is 0.981. The molecule has 134 valence electrons. The van der Waals surface area contributed by atoms with Crippen molar-refractivity contribution in [3.8, 4) is 0 Å². The van der Waals surface area contributed by atoms with Crippen LogP contribution in [0.5, 0.6) is 0 Å². The van der Waals surface area contributed by atoms with E-state index < -0.39 is 23.3 Å². The summed E-state index contributed by atoms with van der Waals surface area (Å²) in [7, 11) is 2.09. The lowest BCUT2D eigenvalue weighted by atomic mass is 10.5. The Bertz CT molecular complexity index is 535. The minimum absolute atomic E-state index is 0.314. The number of nitrogens with one attached hydrogen (secondary N) is 3. The number of carbonyl (C=O) groups excluding carboxylic acids is 3. The molecule has 0 spiro atoms. The smallest absolute Gasteiger partial charge is 0.372 e. The van der Waals surface area contributed by atoms with Gasteiger partial charge < -0.3 is 31.7 Å². The zero-order valence-corrected chi connectivity index (χ0v) is 13.7. The Balaban J connectivity index is 4.78. The third-order valence-corrected chi connectivity index (χ3v) is 2.39. The Labute approximate surface area is 139 Å². The minimum atomic E-state index is -1.56. The Kier molecular flexibility index (Phi) is 8.42. The molecule has 0 aliphatic heterocycles. The maximum absolute atomic E-state index is 11.3. The van der Waals surface area contributed by atoms with Crippen LogP contribution in [0, 0.1) is 0 Å². The standard InChI is InChI=1S/C11H19N6O6P/c1-5(12)8(18)21-15-4-11(24,16-22-9(19)6(2)13)17-23-10(20)7(3)14/h15-17H,1-4,12-14,24H2. The fraction of sp³-hybridized carbons (Fsp3) is 0.182. The van der Waals surface area contributed by atoms with Crippen LogP contribution in [0.3, 0.4) is 0 Å². The minimum Gasteiger partial charge on any atom is -0.393 e. The number of rotatable bonds is 10. The Morgan fingerprint density at radius 2 is 1.17 bits per heavy atom. The quantitative estimate of drug-likeness (QED) is 0.0763. The van der Waals surface area contributed by atoms with Gasteiger partial charge in [0.1, 0.15) is 17.1 Å². The Morgan fingerprint density at radius 1 is 0.833 bits per heavy atom. The highest BCUT2D eigenvalue weighted by Gasteiger charge is 2.29. The van der Waals surface area contributed by atoms with Crippen molar-refractivity contribution >= 4 is 27.1 Å². The summed E-state index contributed by atoms with van der Waals surface area (Å²) in [6, 6.07) is 0. The van der Waals surface area contributed by atoms with Crippen LogP contribution < -0.4 is 33.6 Å². The van der Waals surface area contributed by atoms with Gasteiger partial charge in [-0.25, -0.2) is 14.4 Å². The first-order valence-corrected chi connectivity index (χ1v) is 6.59. The highest BCUT2D eigenvalue weighted by atomic mass is 31.0. The van der Waals surface area contributed by atoms with E-state index in [2.05, 4.69) is 59.9 Å². The zero-order chi connectivity index (χ0) is 18.9. The highest BCUT2D eigenvalue weighted by Crippen LogP contribution is 2.10. The SMILES string of the molecule is C=C(N)C(=O)ONCC(P)(NOC(=O)C(=C)N)NOC(=O)C(=C)N. The van der Waals surface area contributed by atoms with E-state index in [1.165, 1.54) is 0 Å². The van der Waals surface area contributed by atoms with E-state index in [4.69, 9.17) is 17.2 Å². The van der Waals surface area contributed by atoms with Crippen molar-refractivity contribution in [2.24, 2.45) is 17.2 Å². The van der Waals surface area contributed by atoms with Gasteiger partial charge in [0.15, 0.2) is 5.40 Å². The van der Waals surface area contributed by atoms with Crippen LogP contribution in [-0.4, -0.2) is 29.9 Å². The van der Waals surface area contributed by atoms with Crippen LogP contribution >= 0.6 is 9.24 Å². The van der Waals surface area contributed by atoms with Crippen LogP contribution in [0.2, 0.25) is 0 Å². The van der Waals surface area contributed by atoms with Crippen LogP contribution in [0.15, 0.2) is 36.8 Å². The second-order valence-electron chi connectivity index (χ2n) is 4.24. The summed E-state index contributed by atoms with van der Waals surface area (Å²) in [4.78, 5) is 47.5. The lowest BCUT2D eigenvalue weighted by molar-refractivity contribution is -0.164. The molecule has 0 amide bonds. The third kappa shape index (κ3) is 8.10. The highest BCUT2D eigenvalue weighted by molar-refractivity contribution is 7.18. The van der Waals surface area contributed by atoms with Crippen molar-refractivity contribution in [2.75, 3.05) is 6.54 Å². The van der Waals surface area contributed by atoms with Crippen LogP contribution in [0.25, 0.3) is 0 Å². The third-order valence-electron chi connectivity index (χ3n) is 1.95. The molecule has 0 aliphatic rings. The molecule has 0 aliphatic carbocycles. The van der Waals surface area contributed by atoms with Crippen LogP contribution in [-0.2, 0) is 28.9 Å². The monoisotopic (exact) mass is 362 g/mol. The van der Waals surface area contributed by atoms with Gasteiger partial charge in [0.25, 0.3) is 0 Å². The van der Waals surface area contributed by atoms with E-state index >= 15 is 0 Å². The van der Waals surface area contributed by atoms with Gasteiger partial charge >= 0.3 is 17.9 Å².